The van der Waals surface area contributed by atoms with E-state index in [0.717, 1.165) is 19.3 Å². The first-order valence-corrected chi connectivity index (χ1v) is 7.39. The summed E-state index contributed by atoms with van der Waals surface area (Å²) < 4.78 is 0. The van der Waals surface area contributed by atoms with Gasteiger partial charge in [0.1, 0.15) is 5.92 Å². The first kappa shape index (κ1) is 15.0. The van der Waals surface area contributed by atoms with Crippen LogP contribution in [-0.2, 0) is 4.79 Å². The maximum atomic E-state index is 11.4. The molecule has 18 heavy (non-hydrogen) atoms. The Morgan fingerprint density at radius 2 is 1.72 bits per heavy atom. The molecular weight excluding hydrogens is 224 g/mol. The Bertz CT molecular complexity index is 285. The second-order valence-corrected chi connectivity index (χ2v) is 5.54. The number of carbonyl (C=O) groups is 1. The van der Waals surface area contributed by atoms with Gasteiger partial charge in [-0.25, -0.2) is 0 Å². The molecule has 0 radical (unpaired) electrons. The number of rotatable bonds is 4. The zero-order valence-corrected chi connectivity index (χ0v) is 11.5. The average molecular weight is 250 g/mol. The molecule has 1 rings (SSSR count). The average Bonchev–Trinajstić information content (AvgIpc) is 2.48. The van der Waals surface area contributed by atoms with Crippen molar-refractivity contribution in [2.75, 3.05) is 0 Å². The molecule has 1 amide bonds. The van der Waals surface area contributed by atoms with E-state index in [-0.39, 0.29) is 5.92 Å². The predicted molar refractivity (Wildman–Crippen MR) is 72.5 cm³/mol. The lowest BCUT2D eigenvalue weighted by Gasteiger charge is -2.28. The maximum absolute atomic E-state index is 11.4. The molecule has 3 nitrogen and oxygen atoms in total. The van der Waals surface area contributed by atoms with Gasteiger partial charge in [-0.05, 0) is 11.8 Å². The molecule has 0 aromatic heterocycles. The fourth-order valence-corrected chi connectivity index (χ4v) is 3.30. The second-order valence-electron chi connectivity index (χ2n) is 5.54. The fraction of sp³-hybridized carbons (Fsp3) is 0.867. The molecule has 1 fully saturated rings. The Kier molecular flexibility index (Phi) is 6.78. The summed E-state index contributed by atoms with van der Waals surface area (Å²) in [6.07, 6.45) is 10.9. The van der Waals surface area contributed by atoms with Gasteiger partial charge in [-0.1, -0.05) is 64.7 Å². The third-order valence-corrected chi connectivity index (χ3v) is 4.35. The zero-order chi connectivity index (χ0) is 13.4. The van der Waals surface area contributed by atoms with Crippen LogP contribution in [0.1, 0.15) is 64.7 Å². The summed E-state index contributed by atoms with van der Waals surface area (Å²) in [5.74, 6) is -0.374. The van der Waals surface area contributed by atoms with Gasteiger partial charge in [0.05, 0.1) is 6.07 Å². The van der Waals surface area contributed by atoms with Crippen LogP contribution in [0.5, 0.6) is 0 Å². The van der Waals surface area contributed by atoms with Gasteiger partial charge in [0.15, 0.2) is 0 Å². The van der Waals surface area contributed by atoms with Crippen LogP contribution in [0.4, 0.5) is 0 Å². The van der Waals surface area contributed by atoms with Crippen LogP contribution >= 0.6 is 0 Å². The van der Waals surface area contributed by atoms with Gasteiger partial charge in [-0.15, -0.1) is 0 Å². The van der Waals surface area contributed by atoms with E-state index in [1.54, 1.807) is 0 Å². The standard InChI is InChI=1S/C15H26N2O/c1-2-13(14(11-16)15(17)18)12-9-7-5-3-4-6-8-10-12/h12-14H,2-10H2,1H3,(H2,17,18). The van der Waals surface area contributed by atoms with Gasteiger partial charge in [-0.3, -0.25) is 4.79 Å². The van der Waals surface area contributed by atoms with E-state index in [1.807, 2.05) is 0 Å². The Morgan fingerprint density at radius 3 is 2.11 bits per heavy atom. The van der Waals surface area contributed by atoms with Gasteiger partial charge in [0, 0.05) is 0 Å². The minimum Gasteiger partial charge on any atom is -0.369 e. The summed E-state index contributed by atoms with van der Waals surface area (Å²) in [6, 6.07) is 2.13. The molecule has 2 unspecified atom stereocenters. The number of nitriles is 1. The van der Waals surface area contributed by atoms with Crippen LogP contribution in [0, 0.1) is 29.1 Å². The Balaban J connectivity index is 2.70. The summed E-state index contributed by atoms with van der Waals surface area (Å²) in [5.41, 5.74) is 5.37. The van der Waals surface area contributed by atoms with Gasteiger partial charge in [-0.2, -0.15) is 5.26 Å². The zero-order valence-electron chi connectivity index (χ0n) is 11.5. The Labute approximate surface area is 111 Å². The molecule has 0 aromatic carbocycles. The highest BCUT2D eigenvalue weighted by molar-refractivity contribution is 5.79. The highest BCUT2D eigenvalue weighted by Gasteiger charge is 2.31. The van der Waals surface area contributed by atoms with E-state index in [1.165, 1.54) is 38.5 Å². The number of amides is 1. The van der Waals surface area contributed by atoms with Crippen molar-refractivity contribution in [2.24, 2.45) is 23.5 Å². The summed E-state index contributed by atoms with van der Waals surface area (Å²) in [4.78, 5) is 11.4. The number of hydrogen-bond acceptors (Lipinski definition) is 2. The van der Waals surface area contributed by atoms with E-state index in [9.17, 15) is 4.79 Å². The van der Waals surface area contributed by atoms with Crippen molar-refractivity contribution in [1.82, 2.24) is 0 Å². The van der Waals surface area contributed by atoms with Crippen LogP contribution in [0.25, 0.3) is 0 Å². The fourth-order valence-electron chi connectivity index (χ4n) is 3.30. The van der Waals surface area contributed by atoms with Gasteiger partial charge in [0.2, 0.25) is 5.91 Å². The van der Waals surface area contributed by atoms with Gasteiger partial charge >= 0.3 is 0 Å². The molecule has 2 atom stereocenters. The van der Waals surface area contributed by atoms with Gasteiger partial charge in [0.25, 0.3) is 0 Å². The van der Waals surface area contributed by atoms with Crippen LogP contribution in [-0.4, -0.2) is 5.91 Å². The molecule has 102 valence electrons. The molecule has 1 saturated carbocycles. The van der Waals surface area contributed by atoms with Crippen LogP contribution in [0.2, 0.25) is 0 Å². The molecule has 0 heterocycles. The molecule has 0 aromatic rings. The Hall–Kier alpha value is -1.04. The molecule has 0 saturated heterocycles. The number of primary amides is 1. The molecule has 0 aliphatic heterocycles. The summed E-state index contributed by atoms with van der Waals surface area (Å²) >= 11 is 0. The highest BCUT2D eigenvalue weighted by atomic mass is 16.1. The summed E-state index contributed by atoms with van der Waals surface area (Å²) in [5, 5.41) is 9.16. The quantitative estimate of drug-likeness (QED) is 0.831. The maximum Gasteiger partial charge on any atom is 0.235 e. The van der Waals surface area contributed by atoms with E-state index >= 15 is 0 Å². The third-order valence-electron chi connectivity index (χ3n) is 4.35. The topological polar surface area (TPSA) is 66.9 Å². The predicted octanol–water partition coefficient (Wildman–Crippen LogP) is 3.39. The largest absolute Gasteiger partial charge is 0.369 e. The van der Waals surface area contributed by atoms with Crippen LogP contribution in [0.15, 0.2) is 0 Å². The molecule has 1 aliphatic rings. The Morgan fingerprint density at radius 1 is 1.22 bits per heavy atom. The molecule has 1 aliphatic carbocycles. The van der Waals surface area contributed by atoms with Crippen molar-refractivity contribution in [3.63, 3.8) is 0 Å². The number of nitrogens with zero attached hydrogens (tertiary/aromatic N) is 1. The number of carbonyl (C=O) groups excluding carboxylic acids is 1. The van der Waals surface area contributed by atoms with Crippen molar-refractivity contribution in [3.05, 3.63) is 0 Å². The van der Waals surface area contributed by atoms with Crippen LogP contribution in [0.3, 0.4) is 0 Å². The van der Waals surface area contributed by atoms with Crippen molar-refractivity contribution in [3.8, 4) is 6.07 Å². The van der Waals surface area contributed by atoms with E-state index in [4.69, 9.17) is 11.0 Å². The lowest BCUT2D eigenvalue weighted by atomic mass is 9.75. The molecule has 0 bridgehead atoms. The number of nitrogens with two attached hydrogens (primary N) is 1. The summed E-state index contributed by atoms with van der Waals surface area (Å²) in [7, 11) is 0. The normalized spacial score (nSPS) is 22.0. The smallest absolute Gasteiger partial charge is 0.235 e. The monoisotopic (exact) mass is 250 g/mol. The van der Waals surface area contributed by atoms with E-state index in [0.29, 0.717) is 5.92 Å². The van der Waals surface area contributed by atoms with Crippen LogP contribution < -0.4 is 5.73 Å². The van der Waals surface area contributed by atoms with Gasteiger partial charge < -0.3 is 5.73 Å². The van der Waals surface area contributed by atoms with E-state index in [2.05, 4.69) is 13.0 Å². The van der Waals surface area contributed by atoms with E-state index < -0.39 is 11.8 Å². The SMILES string of the molecule is CCC(C1CCCCCCCC1)C(C#N)C(N)=O. The number of hydrogen-bond donors (Lipinski definition) is 1. The first-order chi connectivity index (χ1) is 8.70. The lowest BCUT2D eigenvalue weighted by molar-refractivity contribution is -0.122. The van der Waals surface area contributed by atoms with Crippen molar-refractivity contribution in [1.29, 1.82) is 5.26 Å². The molecule has 2 N–H and O–H groups in total. The molecular formula is C15H26N2O. The molecule has 3 heteroatoms. The first-order valence-electron chi connectivity index (χ1n) is 7.39. The van der Waals surface area contributed by atoms with Crippen molar-refractivity contribution >= 4 is 5.91 Å². The second kappa shape index (κ2) is 8.13. The van der Waals surface area contributed by atoms with Crippen molar-refractivity contribution < 1.29 is 4.79 Å². The van der Waals surface area contributed by atoms with Crippen molar-refractivity contribution in [2.45, 2.75) is 64.7 Å². The minimum absolute atomic E-state index is 0.158. The minimum atomic E-state index is -0.597. The lowest BCUT2D eigenvalue weighted by Crippen LogP contribution is -2.33. The molecule has 0 spiro atoms. The third kappa shape index (κ3) is 4.33. The highest BCUT2D eigenvalue weighted by Crippen LogP contribution is 2.34. The summed E-state index contributed by atoms with van der Waals surface area (Å²) in [6.45, 7) is 2.07.